The molecule has 0 bridgehead atoms. The minimum absolute atomic E-state index is 0.937. The second-order valence-corrected chi connectivity index (χ2v) is 4.71. The van der Waals surface area contributed by atoms with Crippen LogP contribution in [0.25, 0.3) is 22.2 Å². The largest absolute Gasteiger partial charge is 0.361 e. The van der Waals surface area contributed by atoms with Crippen molar-refractivity contribution in [3.05, 3.63) is 48.5 Å². The smallest absolute Gasteiger partial charge is 0.128 e. The second-order valence-electron chi connectivity index (χ2n) is 4.71. The fourth-order valence-corrected chi connectivity index (χ4v) is 2.31. The van der Waals surface area contributed by atoms with E-state index in [1.165, 1.54) is 17.4 Å². The highest BCUT2D eigenvalue weighted by atomic mass is 14.9. The van der Waals surface area contributed by atoms with Crippen LogP contribution in [0, 0.1) is 0 Å². The van der Waals surface area contributed by atoms with Crippen LogP contribution in [-0.2, 0) is 6.42 Å². The van der Waals surface area contributed by atoms with Gasteiger partial charge in [0.1, 0.15) is 5.82 Å². The van der Waals surface area contributed by atoms with Gasteiger partial charge in [0.05, 0.1) is 5.69 Å². The summed E-state index contributed by atoms with van der Waals surface area (Å²) in [6, 6.07) is 10.3. The molecule has 3 rings (SSSR count). The van der Waals surface area contributed by atoms with Crippen molar-refractivity contribution in [2.45, 2.75) is 26.2 Å². The molecule has 3 heteroatoms. The Bertz CT molecular complexity index is 685. The van der Waals surface area contributed by atoms with Crippen molar-refractivity contribution >= 4 is 10.9 Å². The van der Waals surface area contributed by atoms with E-state index in [0.29, 0.717) is 0 Å². The number of rotatable bonds is 4. The fourth-order valence-electron chi connectivity index (χ4n) is 2.31. The summed E-state index contributed by atoms with van der Waals surface area (Å²) < 4.78 is 0. The number of nitrogens with one attached hydrogen (secondary N) is 1. The van der Waals surface area contributed by atoms with E-state index >= 15 is 0 Å². The minimum Gasteiger partial charge on any atom is -0.361 e. The van der Waals surface area contributed by atoms with Crippen molar-refractivity contribution in [2.75, 3.05) is 0 Å². The molecule has 0 aliphatic heterocycles. The van der Waals surface area contributed by atoms with Crippen LogP contribution in [0.4, 0.5) is 0 Å². The van der Waals surface area contributed by atoms with Gasteiger partial charge in [0.2, 0.25) is 0 Å². The summed E-state index contributed by atoms with van der Waals surface area (Å²) in [4.78, 5) is 12.3. The molecule has 0 saturated carbocycles. The van der Waals surface area contributed by atoms with Crippen LogP contribution in [0.1, 0.15) is 25.6 Å². The van der Waals surface area contributed by atoms with E-state index < -0.39 is 0 Å². The van der Waals surface area contributed by atoms with Crippen LogP contribution in [0.15, 0.2) is 42.7 Å². The van der Waals surface area contributed by atoms with E-state index in [0.717, 1.165) is 29.9 Å². The summed E-state index contributed by atoms with van der Waals surface area (Å²) in [6.45, 7) is 2.18. The summed E-state index contributed by atoms with van der Waals surface area (Å²) in [5.41, 5.74) is 3.32. The number of hydrogen-bond donors (Lipinski definition) is 1. The SMILES string of the molecule is CCCCc1nccc(-c2cccc3[nH]ccc23)n1. The first-order valence-corrected chi connectivity index (χ1v) is 6.77. The maximum absolute atomic E-state index is 4.69. The lowest BCUT2D eigenvalue weighted by Crippen LogP contribution is -1.96. The molecule has 0 atom stereocenters. The van der Waals surface area contributed by atoms with Gasteiger partial charge in [-0.2, -0.15) is 0 Å². The lowest BCUT2D eigenvalue weighted by atomic mass is 10.1. The Labute approximate surface area is 112 Å². The highest BCUT2D eigenvalue weighted by Crippen LogP contribution is 2.26. The molecule has 0 aliphatic rings. The molecule has 2 aromatic heterocycles. The van der Waals surface area contributed by atoms with E-state index in [9.17, 15) is 0 Å². The number of hydrogen-bond acceptors (Lipinski definition) is 2. The van der Waals surface area contributed by atoms with Crippen LogP contribution in [0.2, 0.25) is 0 Å². The molecule has 0 unspecified atom stereocenters. The zero-order valence-electron chi connectivity index (χ0n) is 11.1. The van der Waals surface area contributed by atoms with Crippen LogP contribution in [0.5, 0.6) is 0 Å². The molecular formula is C16H17N3. The first-order chi connectivity index (χ1) is 9.38. The number of aromatic nitrogens is 3. The summed E-state index contributed by atoms with van der Waals surface area (Å²) >= 11 is 0. The Morgan fingerprint density at radius 2 is 2.11 bits per heavy atom. The standard InChI is InChI=1S/C16H17N3/c1-2-3-7-16-18-11-9-15(19-16)12-5-4-6-14-13(12)8-10-17-14/h4-6,8-11,17H,2-3,7H2,1H3. The van der Waals surface area contributed by atoms with E-state index in [1.54, 1.807) is 0 Å². The Morgan fingerprint density at radius 1 is 1.16 bits per heavy atom. The predicted molar refractivity (Wildman–Crippen MR) is 77.9 cm³/mol. The minimum atomic E-state index is 0.937. The normalized spacial score (nSPS) is 11.0. The van der Waals surface area contributed by atoms with Crippen LogP contribution in [0.3, 0.4) is 0 Å². The van der Waals surface area contributed by atoms with Gasteiger partial charge < -0.3 is 4.98 Å². The highest BCUT2D eigenvalue weighted by Gasteiger charge is 2.06. The van der Waals surface area contributed by atoms with Crippen molar-refractivity contribution in [2.24, 2.45) is 0 Å². The lowest BCUT2D eigenvalue weighted by molar-refractivity contribution is 0.753. The Balaban J connectivity index is 2.03. The predicted octanol–water partition coefficient (Wildman–Crippen LogP) is 3.97. The van der Waals surface area contributed by atoms with Crippen LogP contribution < -0.4 is 0 Å². The second kappa shape index (κ2) is 5.22. The van der Waals surface area contributed by atoms with Crippen molar-refractivity contribution < 1.29 is 0 Å². The maximum Gasteiger partial charge on any atom is 0.128 e. The molecular weight excluding hydrogens is 234 g/mol. The first-order valence-electron chi connectivity index (χ1n) is 6.77. The van der Waals surface area contributed by atoms with E-state index in [2.05, 4.69) is 46.1 Å². The first kappa shape index (κ1) is 11.9. The number of nitrogens with zero attached hydrogens (tertiary/aromatic N) is 2. The van der Waals surface area contributed by atoms with Crippen LogP contribution >= 0.6 is 0 Å². The molecule has 0 aliphatic carbocycles. The van der Waals surface area contributed by atoms with E-state index in [-0.39, 0.29) is 0 Å². The fraction of sp³-hybridized carbons (Fsp3) is 0.250. The molecule has 96 valence electrons. The highest BCUT2D eigenvalue weighted by molar-refractivity contribution is 5.93. The van der Waals surface area contributed by atoms with Crippen molar-refractivity contribution in [3.8, 4) is 11.3 Å². The molecule has 0 saturated heterocycles. The van der Waals surface area contributed by atoms with Gasteiger partial charge in [-0.25, -0.2) is 9.97 Å². The molecule has 1 aromatic carbocycles. The summed E-state index contributed by atoms with van der Waals surface area (Å²) in [5, 5.41) is 1.21. The maximum atomic E-state index is 4.69. The van der Waals surface area contributed by atoms with Crippen molar-refractivity contribution in [1.29, 1.82) is 0 Å². The lowest BCUT2D eigenvalue weighted by Gasteiger charge is -2.05. The van der Waals surface area contributed by atoms with Gasteiger partial charge in [-0.1, -0.05) is 25.5 Å². The van der Waals surface area contributed by atoms with Gasteiger partial charge in [-0.05, 0) is 24.6 Å². The van der Waals surface area contributed by atoms with Gasteiger partial charge in [-0.15, -0.1) is 0 Å². The topological polar surface area (TPSA) is 41.6 Å². The van der Waals surface area contributed by atoms with E-state index in [4.69, 9.17) is 0 Å². The summed E-state index contributed by atoms with van der Waals surface area (Å²) in [5.74, 6) is 0.937. The Hall–Kier alpha value is -2.16. The van der Waals surface area contributed by atoms with Gasteiger partial charge in [-0.3, -0.25) is 0 Å². The third kappa shape index (κ3) is 2.36. The molecule has 0 amide bonds. The zero-order valence-corrected chi connectivity index (χ0v) is 11.1. The molecule has 2 heterocycles. The molecule has 3 nitrogen and oxygen atoms in total. The van der Waals surface area contributed by atoms with Gasteiger partial charge in [0.25, 0.3) is 0 Å². The Kier molecular flexibility index (Phi) is 3.27. The van der Waals surface area contributed by atoms with Crippen molar-refractivity contribution in [3.63, 3.8) is 0 Å². The number of benzene rings is 1. The number of H-pyrrole nitrogens is 1. The zero-order chi connectivity index (χ0) is 13.1. The van der Waals surface area contributed by atoms with Gasteiger partial charge >= 0.3 is 0 Å². The molecule has 3 aromatic rings. The summed E-state index contributed by atoms with van der Waals surface area (Å²) in [6.07, 6.45) is 7.08. The third-order valence-corrected chi connectivity index (χ3v) is 3.33. The molecule has 0 radical (unpaired) electrons. The molecule has 0 spiro atoms. The van der Waals surface area contributed by atoms with Gasteiger partial charge in [0, 0.05) is 35.3 Å². The van der Waals surface area contributed by atoms with E-state index in [1.807, 2.05) is 18.5 Å². The summed E-state index contributed by atoms with van der Waals surface area (Å²) in [7, 11) is 0. The average Bonchev–Trinajstić information content (AvgIpc) is 2.93. The third-order valence-electron chi connectivity index (χ3n) is 3.33. The number of fused-ring (bicyclic) bond motifs is 1. The number of aromatic amines is 1. The molecule has 19 heavy (non-hydrogen) atoms. The van der Waals surface area contributed by atoms with Crippen LogP contribution in [-0.4, -0.2) is 15.0 Å². The molecule has 1 N–H and O–H groups in total. The quantitative estimate of drug-likeness (QED) is 0.762. The van der Waals surface area contributed by atoms with Gasteiger partial charge in [0.15, 0.2) is 0 Å². The number of unbranched alkanes of at least 4 members (excludes halogenated alkanes) is 1. The Morgan fingerprint density at radius 3 is 3.00 bits per heavy atom. The average molecular weight is 251 g/mol. The monoisotopic (exact) mass is 251 g/mol. The molecule has 0 fully saturated rings. The number of aryl methyl sites for hydroxylation is 1. The van der Waals surface area contributed by atoms with Crippen molar-refractivity contribution in [1.82, 2.24) is 15.0 Å².